The van der Waals surface area contributed by atoms with Gasteiger partial charge in [0.1, 0.15) is 11.8 Å². The number of nitrogens with two attached hydrogens (primary N) is 1. The van der Waals surface area contributed by atoms with Crippen LogP contribution < -0.4 is 10.5 Å². The summed E-state index contributed by atoms with van der Waals surface area (Å²) in [6, 6.07) is 13.2. The Labute approximate surface area is 112 Å². The Hall–Kier alpha value is -2.07. The van der Waals surface area contributed by atoms with Crippen molar-refractivity contribution < 1.29 is 14.3 Å². The molecule has 100 valence electrons. The Morgan fingerprint density at radius 3 is 2.74 bits per heavy atom. The second-order valence-electron chi connectivity index (χ2n) is 4.24. The van der Waals surface area contributed by atoms with Crippen molar-refractivity contribution in [3.05, 3.63) is 42.5 Å². The molecule has 2 rings (SSSR count). The number of fused-ring (bicyclic) bond motifs is 1. The lowest BCUT2D eigenvalue weighted by Crippen LogP contribution is -2.33. The van der Waals surface area contributed by atoms with Crippen LogP contribution >= 0.6 is 0 Å². The van der Waals surface area contributed by atoms with Gasteiger partial charge in [0, 0.05) is 11.8 Å². The van der Waals surface area contributed by atoms with Crippen LogP contribution in [-0.4, -0.2) is 25.7 Å². The molecule has 0 fully saturated rings. The van der Waals surface area contributed by atoms with Gasteiger partial charge in [-0.05, 0) is 11.5 Å². The summed E-state index contributed by atoms with van der Waals surface area (Å²) in [7, 11) is 1.33. The van der Waals surface area contributed by atoms with E-state index >= 15 is 0 Å². The largest absolute Gasteiger partial charge is 0.493 e. The highest BCUT2D eigenvalue weighted by atomic mass is 16.5. The van der Waals surface area contributed by atoms with Crippen LogP contribution in [0.5, 0.6) is 5.75 Å². The van der Waals surface area contributed by atoms with E-state index in [1.54, 1.807) is 0 Å². The lowest BCUT2D eigenvalue weighted by atomic mass is 10.1. The summed E-state index contributed by atoms with van der Waals surface area (Å²) in [6.07, 6.45) is 0.426. The van der Waals surface area contributed by atoms with Crippen molar-refractivity contribution in [3.8, 4) is 5.75 Å². The fraction of sp³-hybridized carbons (Fsp3) is 0.267. The zero-order chi connectivity index (χ0) is 13.7. The Balaban J connectivity index is 2.00. The molecule has 0 spiro atoms. The van der Waals surface area contributed by atoms with Crippen molar-refractivity contribution in [2.24, 2.45) is 5.73 Å². The molecular formula is C15H17NO3. The maximum atomic E-state index is 11.2. The minimum Gasteiger partial charge on any atom is -0.493 e. The molecule has 0 amide bonds. The Morgan fingerprint density at radius 2 is 1.95 bits per heavy atom. The Bertz CT molecular complexity index is 563. The highest BCUT2D eigenvalue weighted by Crippen LogP contribution is 2.25. The van der Waals surface area contributed by atoms with Crippen molar-refractivity contribution in [1.29, 1.82) is 0 Å². The predicted molar refractivity (Wildman–Crippen MR) is 74.1 cm³/mol. The maximum Gasteiger partial charge on any atom is 0.322 e. The van der Waals surface area contributed by atoms with Crippen molar-refractivity contribution in [3.63, 3.8) is 0 Å². The number of carbonyl (C=O) groups excluding carboxylic acids is 1. The van der Waals surface area contributed by atoms with Crippen LogP contribution in [0.3, 0.4) is 0 Å². The molecule has 0 radical (unpaired) electrons. The van der Waals surface area contributed by atoms with Crippen LogP contribution in [0.1, 0.15) is 6.42 Å². The second-order valence-corrected chi connectivity index (χ2v) is 4.24. The Morgan fingerprint density at radius 1 is 1.21 bits per heavy atom. The van der Waals surface area contributed by atoms with Crippen LogP contribution in [0, 0.1) is 0 Å². The SMILES string of the molecule is COC(=O)C(N)CCOc1cccc2ccccc12. The summed E-state index contributed by atoms with van der Waals surface area (Å²) in [5.74, 6) is 0.386. The minimum absolute atomic E-state index is 0.379. The highest BCUT2D eigenvalue weighted by Gasteiger charge is 2.13. The van der Waals surface area contributed by atoms with Gasteiger partial charge in [0.25, 0.3) is 0 Å². The van der Waals surface area contributed by atoms with E-state index in [4.69, 9.17) is 10.5 Å². The van der Waals surface area contributed by atoms with Gasteiger partial charge in [-0.2, -0.15) is 0 Å². The topological polar surface area (TPSA) is 61.5 Å². The predicted octanol–water partition coefficient (Wildman–Crippen LogP) is 2.11. The number of ether oxygens (including phenoxy) is 2. The maximum absolute atomic E-state index is 11.2. The Kier molecular flexibility index (Phi) is 4.36. The smallest absolute Gasteiger partial charge is 0.322 e. The summed E-state index contributed by atoms with van der Waals surface area (Å²) in [6.45, 7) is 0.379. The molecule has 0 saturated carbocycles. The van der Waals surface area contributed by atoms with Gasteiger partial charge in [-0.25, -0.2) is 0 Å². The summed E-state index contributed by atoms with van der Waals surface area (Å²) >= 11 is 0. The first-order valence-electron chi connectivity index (χ1n) is 6.16. The second kappa shape index (κ2) is 6.20. The summed E-state index contributed by atoms with van der Waals surface area (Å²) in [5, 5.41) is 2.17. The number of rotatable bonds is 5. The summed E-state index contributed by atoms with van der Waals surface area (Å²) in [4.78, 5) is 11.2. The van der Waals surface area contributed by atoms with Crippen molar-refractivity contribution in [1.82, 2.24) is 0 Å². The van der Waals surface area contributed by atoms with Gasteiger partial charge in [0.05, 0.1) is 13.7 Å². The number of carbonyl (C=O) groups is 1. The number of methoxy groups -OCH3 is 1. The third kappa shape index (κ3) is 3.23. The van der Waals surface area contributed by atoms with Crippen LogP contribution in [0.25, 0.3) is 10.8 Å². The number of benzene rings is 2. The lowest BCUT2D eigenvalue weighted by molar-refractivity contribution is -0.142. The first-order valence-corrected chi connectivity index (χ1v) is 6.16. The molecule has 4 nitrogen and oxygen atoms in total. The molecule has 0 aliphatic carbocycles. The molecule has 4 heteroatoms. The van der Waals surface area contributed by atoms with Gasteiger partial charge in [0.2, 0.25) is 0 Å². The molecule has 0 bridgehead atoms. The number of esters is 1. The van der Waals surface area contributed by atoms with E-state index in [1.807, 2.05) is 42.5 Å². The van der Waals surface area contributed by atoms with Gasteiger partial charge in [-0.1, -0.05) is 36.4 Å². The van der Waals surface area contributed by atoms with Crippen LogP contribution in [0.15, 0.2) is 42.5 Å². The van der Waals surface area contributed by atoms with Gasteiger partial charge >= 0.3 is 5.97 Å². The molecule has 2 N–H and O–H groups in total. The fourth-order valence-corrected chi connectivity index (χ4v) is 1.89. The lowest BCUT2D eigenvalue weighted by Gasteiger charge is -2.12. The molecule has 1 unspecified atom stereocenters. The third-order valence-electron chi connectivity index (χ3n) is 2.94. The van der Waals surface area contributed by atoms with Crippen molar-refractivity contribution >= 4 is 16.7 Å². The fourth-order valence-electron chi connectivity index (χ4n) is 1.89. The van der Waals surface area contributed by atoms with Crippen LogP contribution in [-0.2, 0) is 9.53 Å². The molecule has 0 aliphatic rings. The summed E-state index contributed by atoms with van der Waals surface area (Å²) < 4.78 is 10.3. The monoisotopic (exact) mass is 259 g/mol. The molecular weight excluding hydrogens is 242 g/mol. The molecule has 0 saturated heterocycles. The highest BCUT2D eigenvalue weighted by molar-refractivity contribution is 5.88. The number of hydrogen-bond acceptors (Lipinski definition) is 4. The molecule has 2 aromatic carbocycles. The molecule has 0 aliphatic heterocycles. The van der Waals surface area contributed by atoms with E-state index < -0.39 is 12.0 Å². The first kappa shape index (κ1) is 13.4. The van der Waals surface area contributed by atoms with E-state index in [0.29, 0.717) is 13.0 Å². The molecule has 1 atom stereocenters. The van der Waals surface area contributed by atoms with E-state index in [9.17, 15) is 4.79 Å². The van der Waals surface area contributed by atoms with Crippen LogP contribution in [0.4, 0.5) is 0 Å². The van der Waals surface area contributed by atoms with Gasteiger partial charge in [0.15, 0.2) is 0 Å². The first-order chi connectivity index (χ1) is 9.22. The van der Waals surface area contributed by atoms with Gasteiger partial charge < -0.3 is 15.2 Å². The van der Waals surface area contributed by atoms with Crippen molar-refractivity contribution in [2.75, 3.05) is 13.7 Å². The molecule has 2 aromatic rings. The molecule has 0 aromatic heterocycles. The van der Waals surface area contributed by atoms with E-state index in [1.165, 1.54) is 7.11 Å². The van der Waals surface area contributed by atoms with Gasteiger partial charge in [-0.3, -0.25) is 4.79 Å². The zero-order valence-corrected chi connectivity index (χ0v) is 10.8. The van der Waals surface area contributed by atoms with Crippen molar-refractivity contribution in [2.45, 2.75) is 12.5 Å². The van der Waals surface area contributed by atoms with E-state index in [0.717, 1.165) is 16.5 Å². The molecule has 0 heterocycles. The molecule has 19 heavy (non-hydrogen) atoms. The average Bonchev–Trinajstić information content (AvgIpc) is 2.46. The average molecular weight is 259 g/mol. The number of hydrogen-bond donors (Lipinski definition) is 1. The van der Waals surface area contributed by atoms with E-state index in [2.05, 4.69) is 4.74 Å². The normalized spacial score (nSPS) is 12.1. The van der Waals surface area contributed by atoms with Crippen LogP contribution in [0.2, 0.25) is 0 Å². The zero-order valence-electron chi connectivity index (χ0n) is 10.8. The summed E-state index contributed by atoms with van der Waals surface area (Å²) in [5.41, 5.74) is 5.65. The quantitative estimate of drug-likeness (QED) is 0.835. The third-order valence-corrected chi connectivity index (χ3v) is 2.94. The standard InChI is InChI=1S/C15H17NO3/c1-18-15(17)13(16)9-10-19-14-8-4-6-11-5-2-3-7-12(11)14/h2-8,13H,9-10,16H2,1H3. The van der Waals surface area contributed by atoms with Gasteiger partial charge in [-0.15, -0.1) is 0 Å². The minimum atomic E-state index is -0.639. The van der Waals surface area contributed by atoms with E-state index in [-0.39, 0.29) is 0 Å².